The van der Waals surface area contributed by atoms with Gasteiger partial charge >= 0.3 is 0 Å². The van der Waals surface area contributed by atoms with Gasteiger partial charge in [-0.3, -0.25) is 14.4 Å². The molecule has 0 spiro atoms. The molecule has 0 saturated heterocycles. The predicted octanol–water partition coefficient (Wildman–Crippen LogP) is 4.31. The molecule has 0 heterocycles. The zero-order valence-corrected chi connectivity index (χ0v) is 25.6. The van der Waals surface area contributed by atoms with Gasteiger partial charge in [0.15, 0.2) is 24.2 Å². The molecule has 2 atom stereocenters. The Hall–Kier alpha value is -2.77. The normalized spacial score (nSPS) is 12.6. The second-order valence-corrected chi connectivity index (χ2v) is 10.8. The number of nitrogens with two attached hydrogens (primary N) is 1. The van der Waals surface area contributed by atoms with Crippen LogP contribution in [0.3, 0.4) is 0 Å². The number of rotatable bonds is 14. The standard InChI is InChI=1S/C26H31Cl2IN4O6/c1-5-37-22-10-16(9-19(29)24(22)38-13-23(30)34)12-31-33-26(36)20(8-14(2)3)32-25(35)15(4)39-21-7-6-17(27)11-18(21)28/h6-7,9-12,14-15,20H,5,8,13H2,1-4H3,(H2,30,34)(H,32,35)(H,33,36)/b31-12-/t15-,20+/m1/s1. The molecule has 3 amide bonds. The summed E-state index contributed by atoms with van der Waals surface area (Å²) in [5.74, 6) is -0.411. The fourth-order valence-electron chi connectivity index (χ4n) is 3.26. The second kappa shape index (κ2) is 15.7. The van der Waals surface area contributed by atoms with E-state index in [0.717, 1.165) is 0 Å². The third-order valence-electron chi connectivity index (χ3n) is 4.99. The monoisotopic (exact) mass is 692 g/mol. The van der Waals surface area contributed by atoms with Crippen molar-refractivity contribution in [3.8, 4) is 17.2 Å². The minimum absolute atomic E-state index is 0.107. The van der Waals surface area contributed by atoms with Crippen LogP contribution < -0.4 is 30.7 Å². The summed E-state index contributed by atoms with van der Waals surface area (Å²) in [5, 5.41) is 7.47. The first kappa shape index (κ1) is 32.4. The summed E-state index contributed by atoms with van der Waals surface area (Å²) in [6.45, 7) is 7.30. The Bertz CT molecular complexity index is 1210. The molecule has 212 valence electrons. The Morgan fingerprint density at radius 2 is 1.79 bits per heavy atom. The molecule has 10 nitrogen and oxygen atoms in total. The van der Waals surface area contributed by atoms with E-state index in [2.05, 4.69) is 15.8 Å². The number of carbonyl (C=O) groups is 3. The van der Waals surface area contributed by atoms with Gasteiger partial charge in [0.05, 0.1) is 21.4 Å². The lowest BCUT2D eigenvalue weighted by Gasteiger charge is -2.22. The predicted molar refractivity (Wildman–Crippen MR) is 159 cm³/mol. The summed E-state index contributed by atoms with van der Waals surface area (Å²) in [7, 11) is 0. The van der Waals surface area contributed by atoms with Crippen LogP contribution in [0.4, 0.5) is 0 Å². The molecule has 39 heavy (non-hydrogen) atoms. The van der Waals surface area contributed by atoms with Crippen molar-refractivity contribution in [1.82, 2.24) is 10.7 Å². The average molecular weight is 693 g/mol. The van der Waals surface area contributed by atoms with E-state index < -0.39 is 29.9 Å². The van der Waals surface area contributed by atoms with Gasteiger partial charge in [-0.15, -0.1) is 0 Å². The second-order valence-electron chi connectivity index (χ2n) is 8.78. The van der Waals surface area contributed by atoms with Crippen molar-refractivity contribution in [3.05, 3.63) is 49.5 Å². The minimum Gasteiger partial charge on any atom is -0.490 e. The molecule has 2 aromatic carbocycles. The number of carbonyl (C=O) groups excluding carboxylic acids is 3. The van der Waals surface area contributed by atoms with Crippen molar-refractivity contribution in [2.45, 2.75) is 46.3 Å². The van der Waals surface area contributed by atoms with Gasteiger partial charge < -0.3 is 25.3 Å². The highest BCUT2D eigenvalue weighted by Crippen LogP contribution is 2.34. The Kier molecular flexibility index (Phi) is 13.1. The molecular weight excluding hydrogens is 662 g/mol. The van der Waals surface area contributed by atoms with Crippen molar-refractivity contribution >= 4 is 69.7 Å². The van der Waals surface area contributed by atoms with E-state index in [1.54, 1.807) is 31.2 Å². The maximum atomic E-state index is 12.9. The first-order valence-electron chi connectivity index (χ1n) is 12.0. The molecule has 4 N–H and O–H groups in total. The lowest BCUT2D eigenvalue weighted by atomic mass is 10.0. The molecule has 0 radical (unpaired) electrons. The van der Waals surface area contributed by atoms with E-state index in [4.69, 9.17) is 43.1 Å². The molecule has 0 aromatic heterocycles. The molecule has 0 fully saturated rings. The fourth-order valence-corrected chi connectivity index (χ4v) is 4.50. The summed E-state index contributed by atoms with van der Waals surface area (Å²) >= 11 is 14.1. The number of hydrogen-bond acceptors (Lipinski definition) is 7. The third kappa shape index (κ3) is 10.7. The van der Waals surface area contributed by atoms with Crippen LogP contribution >= 0.6 is 45.8 Å². The topological polar surface area (TPSA) is 141 Å². The number of halogens is 3. The number of hydrogen-bond donors (Lipinski definition) is 3. The van der Waals surface area contributed by atoms with Gasteiger partial charge in [0.1, 0.15) is 11.8 Å². The van der Waals surface area contributed by atoms with Crippen LogP contribution in [0, 0.1) is 9.49 Å². The smallest absolute Gasteiger partial charge is 0.262 e. The third-order valence-corrected chi connectivity index (χ3v) is 6.32. The van der Waals surface area contributed by atoms with Gasteiger partial charge in [0, 0.05) is 5.02 Å². The van der Waals surface area contributed by atoms with E-state index in [1.807, 2.05) is 43.4 Å². The lowest BCUT2D eigenvalue weighted by Crippen LogP contribution is -2.49. The Labute approximate surface area is 251 Å². The van der Waals surface area contributed by atoms with Crippen LogP contribution in [0.1, 0.15) is 39.7 Å². The van der Waals surface area contributed by atoms with E-state index in [1.165, 1.54) is 12.3 Å². The molecule has 0 aliphatic rings. The van der Waals surface area contributed by atoms with Crippen molar-refractivity contribution in [3.63, 3.8) is 0 Å². The van der Waals surface area contributed by atoms with E-state index >= 15 is 0 Å². The summed E-state index contributed by atoms with van der Waals surface area (Å²) in [6.07, 6.45) is 0.881. The first-order valence-corrected chi connectivity index (χ1v) is 13.9. The van der Waals surface area contributed by atoms with Crippen LogP contribution in [-0.4, -0.2) is 49.3 Å². The van der Waals surface area contributed by atoms with Gasteiger partial charge in [-0.1, -0.05) is 37.0 Å². The van der Waals surface area contributed by atoms with E-state index in [-0.39, 0.29) is 17.5 Å². The van der Waals surface area contributed by atoms with Gasteiger partial charge in [-0.05, 0) is 84.7 Å². The average Bonchev–Trinajstić information content (AvgIpc) is 2.84. The molecule has 0 bridgehead atoms. The largest absolute Gasteiger partial charge is 0.490 e. The molecule has 2 rings (SSSR count). The molecule has 0 aliphatic carbocycles. The van der Waals surface area contributed by atoms with Crippen LogP contribution in [0.2, 0.25) is 10.0 Å². The SMILES string of the molecule is CCOc1cc(/C=N\NC(=O)[C@H](CC(C)C)NC(=O)[C@@H](C)Oc2ccc(Cl)cc2Cl)cc(I)c1OCC(N)=O. The molecule has 2 aromatic rings. The molecule has 0 saturated carbocycles. The van der Waals surface area contributed by atoms with Crippen LogP contribution in [-0.2, 0) is 14.4 Å². The summed E-state index contributed by atoms with van der Waals surface area (Å²) in [5.41, 5.74) is 8.26. The minimum atomic E-state index is -0.927. The van der Waals surface area contributed by atoms with Crippen molar-refractivity contribution < 1.29 is 28.6 Å². The Morgan fingerprint density at radius 1 is 1.08 bits per heavy atom. The van der Waals surface area contributed by atoms with Crippen LogP contribution in [0.5, 0.6) is 17.2 Å². The number of ether oxygens (including phenoxy) is 3. The van der Waals surface area contributed by atoms with Crippen molar-refractivity contribution in [1.29, 1.82) is 0 Å². The summed E-state index contributed by atoms with van der Waals surface area (Å²) in [4.78, 5) is 36.8. The highest BCUT2D eigenvalue weighted by molar-refractivity contribution is 14.1. The number of primary amides is 1. The zero-order chi connectivity index (χ0) is 29.1. The lowest BCUT2D eigenvalue weighted by molar-refractivity contribution is -0.132. The summed E-state index contributed by atoms with van der Waals surface area (Å²) in [6, 6.07) is 7.21. The highest BCUT2D eigenvalue weighted by atomic mass is 127. The van der Waals surface area contributed by atoms with Crippen molar-refractivity contribution in [2.75, 3.05) is 13.2 Å². The zero-order valence-electron chi connectivity index (χ0n) is 21.9. The first-order chi connectivity index (χ1) is 18.4. The number of benzene rings is 2. The number of nitrogens with one attached hydrogen (secondary N) is 2. The quantitative estimate of drug-likeness (QED) is 0.153. The van der Waals surface area contributed by atoms with Gasteiger partial charge in [-0.2, -0.15) is 5.10 Å². The Morgan fingerprint density at radius 3 is 2.41 bits per heavy atom. The maximum absolute atomic E-state index is 12.9. The van der Waals surface area contributed by atoms with E-state index in [9.17, 15) is 14.4 Å². The van der Waals surface area contributed by atoms with Gasteiger partial charge in [0.25, 0.3) is 17.7 Å². The number of amides is 3. The van der Waals surface area contributed by atoms with Crippen LogP contribution in [0.15, 0.2) is 35.4 Å². The molecular formula is C26H31Cl2IN4O6. The molecule has 13 heteroatoms. The molecule has 0 aliphatic heterocycles. The maximum Gasteiger partial charge on any atom is 0.262 e. The van der Waals surface area contributed by atoms with Gasteiger partial charge in [0.2, 0.25) is 0 Å². The summed E-state index contributed by atoms with van der Waals surface area (Å²) < 4.78 is 17.4. The Balaban J connectivity index is 2.09. The van der Waals surface area contributed by atoms with Gasteiger partial charge in [-0.25, -0.2) is 5.43 Å². The molecule has 0 unspecified atom stereocenters. The van der Waals surface area contributed by atoms with Crippen molar-refractivity contribution in [2.24, 2.45) is 16.8 Å². The van der Waals surface area contributed by atoms with Crippen LogP contribution in [0.25, 0.3) is 0 Å². The highest BCUT2D eigenvalue weighted by Gasteiger charge is 2.25. The number of nitrogens with zero attached hydrogens (tertiary/aromatic N) is 1. The fraction of sp³-hybridized carbons (Fsp3) is 0.385. The number of hydrazone groups is 1. The van der Waals surface area contributed by atoms with E-state index in [0.29, 0.717) is 44.4 Å².